The summed E-state index contributed by atoms with van der Waals surface area (Å²) in [6.45, 7) is 5.33. The summed E-state index contributed by atoms with van der Waals surface area (Å²) in [5.41, 5.74) is 0.647. The molecule has 2 aromatic heterocycles. The second-order valence-corrected chi connectivity index (χ2v) is 5.00. The number of fused-ring (bicyclic) bond motifs is 1. The highest BCUT2D eigenvalue weighted by Gasteiger charge is 2.15. The molecule has 0 aliphatic carbocycles. The van der Waals surface area contributed by atoms with Gasteiger partial charge in [0.25, 0.3) is 0 Å². The molecule has 0 spiro atoms. The van der Waals surface area contributed by atoms with E-state index in [9.17, 15) is 0 Å². The predicted molar refractivity (Wildman–Crippen MR) is 69.4 cm³/mol. The largest absolute Gasteiger partial charge is 0.364 e. The third kappa shape index (κ3) is 2.92. The van der Waals surface area contributed by atoms with Gasteiger partial charge in [-0.1, -0.05) is 13.8 Å². The number of tetrazole rings is 1. The number of aromatic nitrogens is 5. The molecule has 0 radical (unpaired) electrons. The van der Waals surface area contributed by atoms with Gasteiger partial charge in [-0.3, -0.25) is 0 Å². The summed E-state index contributed by atoms with van der Waals surface area (Å²) in [6.07, 6.45) is 0. The second kappa shape index (κ2) is 5.26. The monoisotopic (exact) mass is 249 g/mol. The molecule has 0 aliphatic heterocycles. The van der Waals surface area contributed by atoms with Crippen LogP contribution in [0, 0.1) is 5.92 Å². The fourth-order valence-corrected chi connectivity index (χ4v) is 1.73. The Morgan fingerprint density at radius 3 is 2.78 bits per heavy atom. The normalized spacial score (nSPS) is 13.4. The van der Waals surface area contributed by atoms with Crippen LogP contribution >= 0.6 is 0 Å². The van der Waals surface area contributed by atoms with E-state index in [1.165, 1.54) is 4.63 Å². The molecular formula is C11H19N7. The van der Waals surface area contributed by atoms with Crippen LogP contribution in [-0.4, -0.2) is 56.8 Å². The van der Waals surface area contributed by atoms with Crippen molar-refractivity contribution in [2.45, 2.75) is 19.9 Å². The molecule has 7 heteroatoms. The predicted octanol–water partition coefficient (Wildman–Crippen LogP) is 0.517. The number of nitrogens with zero attached hydrogens (tertiary/aromatic N) is 6. The van der Waals surface area contributed by atoms with Crippen LogP contribution in [-0.2, 0) is 0 Å². The number of anilines is 1. The molecule has 18 heavy (non-hydrogen) atoms. The van der Waals surface area contributed by atoms with E-state index in [4.69, 9.17) is 0 Å². The standard InChI is InChI=1S/C11H19N7/c1-8(2)9(7-17(3)4)12-10-5-6-11-13-15-16-18(11)14-10/h5-6,8-9H,7H2,1-4H3,(H,12,14). The molecule has 0 aliphatic rings. The first-order valence-electron chi connectivity index (χ1n) is 6.03. The summed E-state index contributed by atoms with van der Waals surface area (Å²) in [6, 6.07) is 4.08. The summed E-state index contributed by atoms with van der Waals surface area (Å²) >= 11 is 0. The van der Waals surface area contributed by atoms with Crippen LogP contribution in [0.25, 0.3) is 5.65 Å². The van der Waals surface area contributed by atoms with Gasteiger partial charge in [-0.15, -0.1) is 14.8 Å². The molecule has 0 saturated heterocycles. The number of nitrogens with one attached hydrogen (secondary N) is 1. The molecule has 0 bridgehead atoms. The van der Waals surface area contributed by atoms with Gasteiger partial charge in [-0.05, 0) is 42.6 Å². The van der Waals surface area contributed by atoms with Crippen LogP contribution in [0.2, 0.25) is 0 Å². The fraction of sp³-hybridized carbons (Fsp3) is 0.636. The maximum absolute atomic E-state index is 4.32. The first kappa shape index (κ1) is 12.7. The van der Waals surface area contributed by atoms with Crippen LogP contribution in [0.15, 0.2) is 12.1 Å². The first-order chi connectivity index (χ1) is 8.56. The Morgan fingerprint density at radius 1 is 1.33 bits per heavy atom. The van der Waals surface area contributed by atoms with E-state index in [2.05, 4.69) is 58.8 Å². The molecule has 0 fully saturated rings. The summed E-state index contributed by atoms with van der Waals surface area (Å²) < 4.78 is 1.43. The lowest BCUT2D eigenvalue weighted by Crippen LogP contribution is -2.36. The molecule has 7 nitrogen and oxygen atoms in total. The van der Waals surface area contributed by atoms with Gasteiger partial charge < -0.3 is 10.2 Å². The lowest BCUT2D eigenvalue weighted by atomic mass is 10.0. The minimum absolute atomic E-state index is 0.335. The summed E-state index contributed by atoms with van der Waals surface area (Å²) in [5, 5.41) is 18.9. The topological polar surface area (TPSA) is 71.2 Å². The van der Waals surface area contributed by atoms with Crippen molar-refractivity contribution in [2.75, 3.05) is 26.0 Å². The summed E-state index contributed by atoms with van der Waals surface area (Å²) in [4.78, 5) is 2.16. The second-order valence-electron chi connectivity index (χ2n) is 5.00. The molecule has 2 heterocycles. The van der Waals surface area contributed by atoms with Crippen molar-refractivity contribution in [3.8, 4) is 0 Å². The van der Waals surface area contributed by atoms with Gasteiger partial charge in [0.1, 0.15) is 5.82 Å². The Morgan fingerprint density at radius 2 is 2.11 bits per heavy atom. The van der Waals surface area contributed by atoms with Crippen molar-refractivity contribution in [2.24, 2.45) is 5.92 Å². The third-order valence-electron chi connectivity index (χ3n) is 2.77. The van der Waals surface area contributed by atoms with E-state index in [1.807, 2.05) is 12.1 Å². The Balaban J connectivity index is 2.14. The van der Waals surface area contributed by atoms with Crippen LogP contribution in [0.4, 0.5) is 5.82 Å². The number of hydrogen-bond donors (Lipinski definition) is 1. The Hall–Kier alpha value is -1.76. The van der Waals surface area contributed by atoms with E-state index in [0.717, 1.165) is 12.4 Å². The van der Waals surface area contributed by atoms with E-state index >= 15 is 0 Å². The Bertz CT molecular complexity index is 505. The molecule has 1 N–H and O–H groups in total. The minimum Gasteiger partial charge on any atom is -0.364 e. The minimum atomic E-state index is 0.335. The third-order valence-corrected chi connectivity index (χ3v) is 2.77. The van der Waals surface area contributed by atoms with Gasteiger partial charge in [0, 0.05) is 12.6 Å². The Kier molecular flexibility index (Phi) is 3.71. The highest BCUT2D eigenvalue weighted by Crippen LogP contribution is 2.11. The van der Waals surface area contributed by atoms with Crippen molar-refractivity contribution >= 4 is 11.5 Å². The average molecular weight is 249 g/mol. The van der Waals surface area contributed by atoms with Crippen LogP contribution in [0.1, 0.15) is 13.8 Å². The van der Waals surface area contributed by atoms with Gasteiger partial charge in [0.15, 0.2) is 5.65 Å². The zero-order valence-corrected chi connectivity index (χ0v) is 11.2. The molecule has 2 aromatic rings. The molecule has 98 valence electrons. The SMILES string of the molecule is CC(C)C(CN(C)C)Nc1ccc2nnnn2n1. The highest BCUT2D eigenvalue weighted by atomic mass is 15.6. The zero-order valence-electron chi connectivity index (χ0n) is 11.2. The van der Waals surface area contributed by atoms with Crippen molar-refractivity contribution in [3.63, 3.8) is 0 Å². The van der Waals surface area contributed by atoms with Crippen molar-refractivity contribution in [1.29, 1.82) is 0 Å². The maximum Gasteiger partial charge on any atom is 0.200 e. The summed E-state index contributed by atoms with van der Waals surface area (Å²) in [7, 11) is 4.13. The van der Waals surface area contributed by atoms with Gasteiger partial charge >= 0.3 is 0 Å². The molecule has 0 amide bonds. The average Bonchev–Trinajstić information content (AvgIpc) is 2.74. The number of hydrogen-bond acceptors (Lipinski definition) is 6. The van der Waals surface area contributed by atoms with Crippen LogP contribution in [0.5, 0.6) is 0 Å². The van der Waals surface area contributed by atoms with Gasteiger partial charge in [-0.2, -0.15) is 0 Å². The first-order valence-corrected chi connectivity index (χ1v) is 6.03. The van der Waals surface area contributed by atoms with E-state index in [-0.39, 0.29) is 0 Å². The van der Waals surface area contributed by atoms with Gasteiger partial charge in [0.2, 0.25) is 0 Å². The quantitative estimate of drug-likeness (QED) is 0.833. The fourth-order valence-electron chi connectivity index (χ4n) is 1.73. The van der Waals surface area contributed by atoms with Gasteiger partial charge in [0.05, 0.1) is 0 Å². The highest BCUT2D eigenvalue weighted by molar-refractivity contribution is 5.42. The van der Waals surface area contributed by atoms with Crippen LogP contribution in [0.3, 0.4) is 0 Å². The van der Waals surface area contributed by atoms with Crippen molar-refractivity contribution < 1.29 is 0 Å². The van der Waals surface area contributed by atoms with Crippen molar-refractivity contribution in [3.05, 3.63) is 12.1 Å². The Labute approximate surface area is 106 Å². The molecular weight excluding hydrogens is 230 g/mol. The summed E-state index contributed by atoms with van der Waals surface area (Å²) in [5.74, 6) is 1.30. The molecule has 2 rings (SSSR count). The molecule has 0 saturated carbocycles. The van der Waals surface area contributed by atoms with Crippen LogP contribution < -0.4 is 5.32 Å². The number of rotatable bonds is 5. The van der Waals surface area contributed by atoms with E-state index in [0.29, 0.717) is 17.6 Å². The van der Waals surface area contributed by atoms with E-state index < -0.39 is 0 Å². The maximum atomic E-state index is 4.32. The number of likely N-dealkylation sites (N-methyl/N-ethyl adjacent to an activating group) is 1. The smallest absolute Gasteiger partial charge is 0.200 e. The van der Waals surface area contributed by atoms with E-state index in [1.54, 1.807) is 0 Å². The molecule has 1 atom stereocenters. The zero-order chi connectivity index (χ0) is 13.1. The lowest BCUT2D eigenvalue weighted by Gasteiger charge is -2.25. The lowest BCUT2D eigenvalue weighted by molar-refractivity contribution is 0.344. The van der Waals surface area contributed by atoms with Gasteiger partial charge in [-0.25, -0.2) is 0 Å². The molecule has 0 aromatic carbocycles. The molecule has 1 unspecified atom stereocenters. The van der Waals surface area contributed by atoms with Crippen molar-refractivity contribution in [1.82, 2.24) is 30.2 Å².